The van der Waals surface area contributed by atoms with Crippen LogP contribution in [0.4, 0.5) is 5.69 Å². The molecule has 0 saturated carbocycles. The Labute approximate surface area is 162 Å². The second-order valence-electron chi connectivity index (χ2n) is 4.81. The number of nitro groups is 1. The predicted molar refractivity (Wildman–Crippen MR) is 99.4 cm³/mol. The first-order chi connectivity index (χ1) is 12.3. The van der Waals surface area contributed by atoms with E-state index in [1.807, 2.05) is 0 Å². The summed E-state index contributed by atoms with van der Waals surface area (Å²) in [6, 6.07) is 8.87. The number of benzene rings is 2. The molecule has 0 N–H and O–H groups in total. The van der Waals surface area contributed by atoms with Gasteiger partial charge in [-0.2, -0.15) is 0 Å². The summed E-state index contributed by atoms with van der Waals surface area (Å²) in [5, 5.41) is 11.7. The topological polar surface area (TPSA) is 97.1 Å². The first-order valence-electron chi connectivity index (χ1n) is 7.02. The Bertz CT molecular complexity index is 856. The van der Waals surface area contributed by atoms with Crippen molar-refractivity contribution in [3.8, 4) is 17.2 Å². The fourth-order valence-electron chi connectivity index (χ4n) is 1.84. The number of ether oxygens (including phenoxy) is 2. The SMILES string of the molecule is COP(=O)(COc1cc(Oc2ccc(Cl)cc2Br)ccc1[N+](=O)[O-])OC. The van der Waals surface area contributed by atoms with Gasteiger partial charge in [0.15, 0.2) is 6.35 Å². The minimum atomic E-state index is -3.50. The van der Waals surface area contributed by atoms with Crippen molar-refractivity contribution < 1.29 is 28.0 Å². The molecule has 0 bridgehead atoms. The van der Waals surface area contributed by atoms with Crippen LogP contribution in [0.25, 0.3) is 0 Å². The molecule has 0 aliphatic carbocycles. The standard InChI is InChI=1S/C15H14BrClNO7P/c1-22-26(21,23-2)9-24-15-8-11(4-5-13(15)18(19)20)25-14-6-3-10(17)7-12(14)16/h3-8H,9H2,1-2H3. The van der Waals surface area contributed by atoms with Crippen LogP contribution in [0.5, 0.6) is 17.2 Å². The minimum Gasteiger partial charge on any atom is -0.474 e. The molecule has 11 heteroatoms. The summed E-state index contributed by atoms with van der Waals surface area (Å²) in [5.41, 5.74) is -0.314. The highest BCUT2D eigenvalue weighted by Crippen LogP contribution is 2.47. The Morgan fingerprint density at radius 3 is 2.42 bits per heavy atom. The fourth-order valence-corrected chi connectivity index (χ4v) is 3.26. The second-order valence-corrected chi connectivity index (χ2v) is 8.31. The van der Waals surface area contributed by atoms with Gasteiger partial charge < -0.3 is 18.5 Å². The van der Waals surface area contributed by atoms with E-state index in [0.29, 0.717) is 15.2 Å². The highest BCUT2D eigenvalue weighted by atomic mass is 79.9. The van der Waals surface area contributed by atoms with Gasteiger partial charge in [-0.25, -0.2) is 0 Å². The molecule has 0 amide bonds. The molecule has 0 radical (unpaired) electrons. The minimum absolute atomic E-state index is 0.132. The lowest BCUT2D eigenvalue weighted by molar-refractivity contribution is -0.385. The van der Waals surface area contributed by atoms with Crippen molar-refractivity contribution in [2.45, 2.75) is 0 Å². The van der Waals surface area contributed by atoms with Crippen molar-refractivity contribution >= 4 is 40.8 Å². The molecule has 0 unspecified atom stereocenters. The van der Waals surface area contributed by atoms with E-state index in [-0.39, 0.29) is 17.2 Å². The van der Waals surface area contributed by atoms with Crippen LogP contribution in [0.15, 0.2) is 40.9 Å². The first kappa shape index (κ1) is 20.7. The number of hydrogen-bond acceptors (Lipinski definition) is 7. The highest BCUT2D eigenvalue weighted by molar-refractivity contribution is 9.10. The fraction of sp³-hybridized carbons (Fsp3) is 0.200. The Kier molecular flexibility index (Phi) is 7.02. The molecule has 26 heavy (non-hydrogen) atoms. The number of nitro benzene ring substituents is 1. The van der Waals surface area contributed by atoms with Crippen molar-refractivity contribution in [3.63, 3.8) is 0 Å². The molecule has 0 aromatic heterocycles. The summed E-state index contributed by atoms with van der Waals surface area (Å²) in [6.07, 6.45) is -0.491. The lowest BCUT2D eigenvalue weighted by Gasteiger charge is -2.15. The van der Waals surface area contributed by atoms with Crippen LogP contribution in [0.3, 0.4) is 0 Å². The molecule has 2 rings (SSSR count). The Morgan fingerprint density at radius 2 is 1.85 bits per heavy atom. The van der Waals surface area contributed by atoms with Crippen molar-refractivity contribution in [2.75, 3.05) is 20.6 Å². The van der Waals surface area contributed by atoms with Gasteiger partial charge in [0.1, 0.15) is 11.5 Å². The van der Waals surface area contributed by atoms with Crippen molar-refractivity contribution in [1.82, 2.24) is 0 Å². The second kappa shape index (κ2) is 8.83. The molecular formula is C15H14BrClNO7P. The van der Waals surface area contributed by atoms with E-state index in [2.05, 4.69) is 15.9 Å². The van der Waals surface area contributed by atoms with E-state index in [9.17, 15) is 14.7 Å². The smallest absolute Gasteiger partial charge is 0.367 e. The third-order valence-electron chi connectivity index (χ3n) is 3.18. The van der Waals surface area contributed by atoms with Crippen molar-refractivity contribution in [3.05, 3.63) is 56.0 Å². The monoisotopic (exact) mass is 465 g/mol. The molecule has 0 heterocycles. The van der Waals surface area contributed by atoms with E-state index >= 15 is 0 Å². The van der Waals surface area contributed by atoms with Gasteiger partial charge in [-0.1, -0.05) is 11.6 Å². The van der Waals surface area contributed by atoms with Crippen LogP contribution in [0.2, 0.25) is 5.02 Å². The summed E-state index contributed by atoms with van der Waals surface area (Å²) >= 11 is 9.20. The molecule has 0 fully saturated rings. The van der Waals surface area contributed by atoms with E-state index < -0.39 is 18.9 Å². The molecule has 2 aromatic carbocycles. The summed E-state index contributed by atoms with van der Waals surface area (Å²) in [5.74, 6) is 0.596. The Balaban J connectivity index is 2.29. The summed E-state index contributed by atoms with van der Waals surface area (Å²) < 4.78 is 33.2. The van der Waals surface area contributed by atoms with Crippen LogP contribution >= 0.6 is 35.1 Å². The molecule has 0 aliphatic rings. The number of nitrogens with zero attached hydrogens (tertiary/aromatic N) is 1. The first-order valence-corrected chi connectivity index (χ1v) is 9.92. The Morgan fingerprint density at radius 1 is 1.15 bits per heavy atom. The molecule has 0 spiro atoms. The normalized spacial score (nSPS) is 11.2. The molecule has 140 valence electrons. The maximum atomic E-state index is 12.1. The number of halogens is 2. The molecule has 8 nitrogen and oxygen atoms in total. The molecule has 2 aromatic rings. The zero-order valence-corrected chi connectivity index (χ0v) is 16.9. The van der Waals surface area contributed by atoms with Crippen molar-refractivity contribution in [2.24, 2.45) is 0 Å². The van der Waals surface area contributed by atoms with Crippen LogP contribution < -0.4 is 9.47 Å². The van der Waals surface area contributed by atoms with E-state index in [1.165, 1.54) is 32.4 Å². The maximum Gasteiger partial charge on any atom is 0.367 e. The predicted octanol–water partition coefficient (Wildman–Crippen LogP) is 5.63. The van der Waals surface area contributed by atoms with Gasteiger partial charge in [-0.05, 0) is 40.2 Å². The van der Waals surface area contributed by atoms with Gasteiger partial charge in [-0.3, -0.25) is 14.7 Å². The highest BCUT2D eigenvalue weighted by Gasteiger charge is 2.25. The van der Waals surface area contributed by atoms with E-state index in [4.69, 9.17) is 30.1 Å². The van der Waals surface area contributed by atoms with E-state index in [1.54, 1.807) is 18.2 Å². The average Bonchev–Trinajstić information content (AvgIpc) is 2.62. The maximum absolute atomic E-state index is 12.1. The van der Waals surface area contributed by atoms with Gasteiger partial charge in [0.25, 0.3) is 0 Å². The van der Waals surface area contributed by atoms with Gasteiger partial charge in [0.05, 0.1) is 9.40 Å². The zero-order chi connectivity index (χ0) is 19.3. The van der Waals surface area contributed by atoms with Gasteiger partial charge in [0.2, 0.25) is 5.75 Å². The third-order valence-corrected chi connectivity index (χ3v) is 5.60. The third kappa shape index (κ3) is 5.18. The Hall–Kier alpha value is -1.64. The largest absolute Gasteiger partial charge is 0.474 e. The molecule has 0 atom stereocenters. The zero-order valence-electron chi connectivity index (χ0n) is 13.7. The van der Waals surface area contributed by atoms with Crippen LogP contribution in [0.1, 0.15) is 0 Å². The van der Waals surface area contributed by atoms with E-state index in [0.717, 1.165) is 0 Å². The van der Waals surface area contributed by atoms with Gasteiger partial charge in [-0.15, -0.1) is 0 Å². The van der Waals surface area contributed by atoms with Crippen LogP contribution in [-0.4, -0.2) is 25.5 Å². The van der Waals surface area contributed by atoms with Crippen LogP contribution in [0, 0.1) is 10.1 Å². The molecular weight excluding hydrogens is 452 g/mol. The number of rotatable bonds is 8. The summed E-state index contributed by atoms with van der Waals surface area (Å²) in [7, 11) is -1.11. The number of hydrogen-bond donors (Lipinski definition) is 0. The lowest BCUT2D eigenvalue weighted by Crippen LogP contribution is -2.04. The van der Waals surface area contributed by atoms with Crippen LogP contribution in [-0.2, 0) is 13.6 Å². The van der Waals surface area contributed by atoms with Crippen molar-refractivity contribution in [1.29, 1.82) is 0 Å². The summed E-state index contributed by atoms with van der Waals surface area (Å²) in [4.78, 5) is 10.6. The lowest BCUT2D eigenvalue weighted by atomic mass is 10.2. The quantitative estimate of drug-likeness (QED) is 0.283. The molecule has 0 saturated heterocycles. The summed E-state index contributed by atoms with van der Waals surface area (Å²) in [6.45, 7) is 0. The molecule has 0 aliphatic heterocycles. The average molecular weight is 467 g/mol. The van der Waals surface area contributed by atoms with Gasteiger partial charge in [0, 0.05) is 31.4 Å². The van der Waals surface area contributed by atoms with Gasteiger partial charge >= 0.3 is 13.3 Å².